The number of thioether (sulfide) groups is 1. The molecule has 15 heavy (non-hydrogen) atoms. The second-order valence-corrected chi connectivity index (χ2v) is 4.39. The summed E-state index contributed by atoms with van der Waals surface area (Å²) in [4.78, 5) is 12.3. The van der Waals surface area contributed by atoms with Crippen LogP contribution in [-0.2, 0) is 9.53 Å². The van der Waals surface area contributed by atoms with Crippen molar-refractivity contribution in [3.8, 4) is 0 Å². The third kappa shape index (κ3) is 2.89. The second-order valence-electron chi connectivity index (χ2n) is 3.14. The van der Waals surface area contributed by atoms with E-state index >= 15 is 0 Å². The third-order valence-corrected chi connectivity index (χ3v) is 3.45. The topological polar surface area (TPSA) is 26.3 Å². The van der Waals surface area contributed by atoms with Crippen LogP contribution in [0, 0.1) is 0 Å². The van der Waals surface area contributed by atoms with Crippen molar-refractivity contribution in [3.05, 3.63) is 28.8 Å². The van der Waals surface area contributed by atoms with Gasteiger partial charge in [-0.1, -0.05) is 17.7 Å². The van der Waals surface area contributed by atoms with E-state index in [1.807, 2.05) is 24.5 Å². The van der Waals surface area contributed by atoms with Crippen LogP contribution in [0.1, 0.15) is 18.4 Å². The number of ether oxygens (including phenoxy) is 1. The van der Waals surface area contributed by atoms with Gasteiger partial charge in [0.15, 0.2) is 0 Å². The molecule has 1 rings (SSSR count). The van der Waals surface area contributed by atoms with Gasteiger partial charge in [-0.05, 0) is 30.9 Å². The number of hydrogen-bond acceptors (Lipinski definition) is 3. The normalized spacial score (nSPS) is 12.3. The Morgan fingerprint density at radius 3 is 2.67 bits per heavy atom. The molecule has 1 atom stereocenters. The number of benzene rings is 1. The van der Waals surface area contributed by atoms with E-state index in [4.69, 9.17) is 11.6 Å². The van der Waals surface area contributed by atoms with Crippen LogP contribution in [-0.4, -0.2) is 19.3 Å². The summed E-state index contributed by atoms with van der Waals surface area (Å²) in [5.74, 6) is -0.522. The Hall–Kier alpha value is -0.670. The van der Waals surface area contributed by atoms with Crippen LogP contribution in [0.4, 0.5) is 0 Å². The highest BCUT2D eigenvalue weighted by Gasteiger charge is 2.16. The van der Waals surface area contributed by atoms with Gasteiger partial charge < -0.3 is 4.74 Å². The fraction of sp³-hybridized carbons (Fsp3) is 0.364. The monoisotopic (exact) mass is 244 g/mol. The number of halogens is 1. The van der Waals surface area contributed by atoms with E-state index in [9.17, 15) is 4.79 Å². The molecule has 0 amide bonds. The smallest absolute Gasteiger partial charge is 0.312 e. The SMILES string of the molecule is COC(=O)C(C)c1ccc(SC)c(Cl)c1. The Balaban J connectivity index is 2.97. The first-order valence-electron chi connectivity index (χ1n) is 4.51. The van der Waals surface area contributed by atoms with Crippen molar-refractivity contribution >= 4 is 29.3 Å². The van der Waals surface area contributed by atoms with Crippen molar-refractivity contribution in [2.24, 2.45) is 0 Å². The first-order valence-corrected chi connectivity index (χ1v) is 6.11. The summed E-state index contributed by atoms with van der Waals surface area (Å²) >= 11 is 7.63. The molecule has 0 aliphatic carbocycles. The zero-order valence-corrected chi connectivity index (χ0v) is 10.5. The van der Waals surface area contributed by atoms with Gasteiger partial charge in [-0.2, -0.15) is 0 Å². The van der Waals surface area contributed by atoms with Crippen LogP contribution in [0.5, 0.6) is 0 Å². The van der Waals surface area contributed by atoms with Gasteiger partial charge in [-0.25, -0.2) is 0 Å². The van der Waals surface area contributed by atoms with E-state index in [0.717, 1.165) is 10.5 Å². The third-order valence-electron chi connectivity index (χ3n) is 2.23. The highest BCUT2D eigenvalue weighted by molar-refractivity contribution is 7.98. The predicted octanol–water partition coefficient (Wildman–Crippen LogP) is 3.34. The highest BCUT2D eigenvalue weighted by atomic mass is 35.5. The van der Waals surface area contributed by atoms with Gasteiger partial charge in [0.1, 0.15) is 0 Å². The van der Waals surface area contributed by atoms with Crippen molar-refractivity contribution in [1.29, 1.82) is 0 Å². The summed E-state index contributed by atoms with van der Waals surface area (Å²) in [5.41, 5.74) is 0.879. The molecule has 1 aromatic carbocycles. The van der Waals surface area contributed by atoms with Gasteiger partial charge in [0.25, 0.3) is 0 Å². The van der Waals surface area contributed by atoms with E-state index in [2.05, 4.69) is 4.74 Å². The van der Waals surface area contributed by atoms with Crippen LogP contribution in [0.2, 0.25) is 5.02 Å². The van der Waals surface area contributed by atoms with Gasteiger partial charge in [-0.3, -0.25) is 4.79 Å². The van der Waals surface area contributed by atoms with E-state index in [1.54, 1.807) is 18.7 Å². The summed E-state index contributed by atoms with van der Waals surface area (Å²) in [7, 11) is 1.39. The van der Waals surface area contributed by atoms with Gasteiger partial charge in [0, 0.05) is 4.90 Å². The average Bonchev–Trinajstić information content (AvgIpc) is 2.26. The van der Waals surface area contributed by atoms with E-state index in [1.165, 1.54) is 7.11 Å². The molecule has 82 valence electrons. The zero-order valence-electron chi connectivity index (χ0n) is 8.91. The van der Waals surface area contributed by atoms with Crippen molar-refractivity contribution in [2.75, 3.05) is 13.4 Å². The number of hydrogen-bond donors (Lipinski definition) is 0. The highest BCUT2D eigenvalue weighted by Crippen LogP contribution is 2.29. The minimum Gasteiger partial charge on any atom is -0.469 e. The molecule has 1 aromatic rings. The summed E-state index contributed by atoms with van der Waals surface area (Å²) in [6.07, 6.45) is 1.96. The first-order chi connectivity index (χ1) is 7.10. The molecule has 0 aliphatic heterocycles. The lowest BCUT2D eigenvalue weighted by atomic mass is 10.0. The molecule has 0 saturated heterocycles. The van der Waals surface area contributed by atoms with Crippen LogP contribution in [0.15, 0.2) is 23.1 Å². The maximum absolute atomic E-state index is 11.3. The Labute approximate surface area is 99.0 Å². The summed E-state index contributed by atoms with van der Waals surface area (Å²) in [5, 5.41) is 0.677. The van der Waals surface area contributed by atoms with E-state index < -0.39 is 0 Å². The number of carbonyl (C=O) groups excluding carboxylic acids is 1. The van der Waals surface area contributed by atoms with Gasteiger partial charge in [0.05, 0.1) is 18.1 Å². The van der Waals surface area contributed by atoms with Crippen molar-refractivity contribution in [2.45, 2.75) is 17.7 Å². The molecule has 0 radical (unpaired) electrons. The molecule has 0 saturated carbocycles. The minimum absolute atomic E-state index is 0.247. The summed E-state index contributed by atoms with van der Waals surface area (Å²) in [6, 6.07) is 5.63. The van der Waals surface area contributed by atoms with Crippen LogP contribution < -0.4 is 0 Å². The number of rotatable bonds is 3. The molecule has 2 nitrogen and oxygen atoms in total. The van der Waals surface area contributed by atoms with E-state index in [-0.39, 0.29) is 11.9 Å². The van der Waals surface area contributed by atoms with Crippen molar-refractivity contribution in [3.63, 3.8) is 0 Å². The number of carbonyl (C=O) groups is 1. The lowest BCUT2D eigenvalue weighted by molar-refractivity contribution is -0.141. The Morgan fingerprint density at radius 1 is 1.53 bits per heavy atom. The largest absolute Gasteiger partial charge is 0.469 e. The van der Waals surface area contributed by atoms with Gasteiger partial charge in [-0.15, -0.1) is 11.8 Å². The Kier molecular flexibility index (Phi) is 4.48. The zero-order chi connectivity index (χ0) is 11.4. The summed E-state index contributed by atoms with van der Waals surface area (Å²) in [6.45, 7) is 1.80. The standard InChI is InChI=1S/C11H13ClO2S/c1-7(11(13)14-2)8-4-5-10(15-3)9(12)6-8/h4-7H,1-3H3. The van der Waals surface area contributed by atoms with Gasteiger partial charge >= 0.3 is 5.97 Å². The molecular weight excluding hydrogens is 232 g/mol. The molecule has 0 N–H and O–H groups in total. The van der Waals surface area contributed by atoms with Crippen LogP contribution in [0.25, 0.3) is 0 Å². The quantitative estimate of drug-likeness (QED) is 0.603. The molecule has 0 spiro atoms. The van der Waals surface area contributed by atoms with Crippen LogP contribution in [0.3, 0.4) is 0 Å². The maximum Gasteiger partial charge on any atom is 0.312 e. The fourth-order valence-corrected chi connectivity index (χ4v) is 2.14. The maximum atomic E-state index is 11.3. The molecule has 0 heterocycles. The van der Waals surface area contributed by atoms with E-state index in [0.29, 0.717) is 5.02 Å². The molecule has 1 unspecified atom stereocenters. The molecule has 0 aliphatic rings. The van der Waals surface area contributed by atoms with Crippen molar-refractivity contribution < 1.29 is 9.53 Å². The molecule has 4 heteroatoms. The number of methoxy groups -OCH3 is 1. The summed E-state index contributed by atoms with van der Waals surface area (Å²) < 4.78 is 4.68. The predicted molar refractivity (Wildman–Crippen MR) is 63.7 cm³/mol. The first kappa shape index (κ1) is 12.4. The molecular formula is C11H13ClO2S. The molecule has 0 aromatic heterocycles. The van der Waals surface area contributed by atoms with Crippen LogP contribution >= 0.6 is 23.4 Å². The second kappa shape index (κ2) is 5.42. The molecule has 0 bridgehead atoms. The van der Waals surface area contributed by atoms with Gasteiger partial charge in [0.2, 0.25) is 0 Å². The lowest BCUT2D eigenvalue weighted by Crippen LogP contribution is -2.10. The molecule has 0 fully saturated rings. The lowest BCUT2D eigenvalue weighted by Gasteiger charge is -2.10. The fourth-order valence-electron chi connectivity index (χ4n) is 1.26. The minimum atomic E-state index is -0.275. The number of esters is 1. The van der Waals surface area contributed by atoms with Crippen molar-refractivity contribution in [1.82, 2.24) is 0 Å². The Bertz CT molecular complexity index is 366. The average molecular weight is 245 g/mol. The Morgan fingerprint density at radius 2 is 2.20 bits per heavy atom.